The van der Waals surface area contributed by atoms with Crippen LogP contribution in [-0.4, -0.2) is 38.7 Å². The lowest BCUT2D eigenvalue weighted by atomic mass is 9.96. The Morgan fingerprint density at radius 1 is 1.33 bits per heavy atom. The summed E-state index contributed by atoms with van der Waals surface area (Å²) in [5, 5.41) is 7.82. The van der Waals surface area contributed by atoms with E-state index in [1.165, 1.54) is 0 Å². The molecule has 1 aromatic heterocycles. The van der Waals surface area contributed by atoms with Gasteiger partial charge in [-0.25, -0.2) is 0 Å². The molecule has 1 amide bonds. The summed E-state index contributed by atoms with van der Waals surface area (Å²) in [6, 6.07) is 7.41. The van der Waals surface area contributed by atoms with Crippen molar-refractivity contribution in [2.24, 2.45) is 7.05 Å². The van der Waals surface area contributed by atoms with Gasteiger partial charge < -0.3 is 9.47 Å². The third-order valence-corrected chi connectivity index (χ3v) is 4.99. The summed E-state index contributed by atoms with van der Waals surface area (Å²) in [7, 11) is 1.92. The van der Waals surface area contributed by atoms with Crippen LogP contribution in [0.3, 0.4) is 0 Å². The van der Waals surface area contributed by atoms with Crippen LogP contribution < -0.4 is 0 Å². The van der Waals surface area contributed by atoms with Crippen LogP contribution in [0.25, 0.3) is 6.08 Å². The van der Waals surface area contributed by atoms with Crippen LogP contribution >= 0.6 is 23.8 Å². The van der Waals surface area contributed by atoms with Crippen molar-refractivity contribution in [3.8, 4) is 0 Å². The molecule has 3 rings (SSSR count). The Morgan fingerprint density at radius 3 is 2.58 bits per heavy atom. The smallest absolute Gasteiger partial charge is 0.246 e. The fourth-order valence-corrected chi connectivity index (χ4v) is 3.19. The van der Waals surface area contributed by atoms with Gasteiger partial charge in [-0.2, -0.15) is 5.10 Å². The Kier molecular flexibility index (Phi) is 5.16. The van der Waals surface area contributed by atoms with Gasteiger partial charge in [-0.15, -0.1) is 0 Å². The van der Waals surface area contributed by atoms with Gasteiger partial charge in [0.15, 0.2) is 4.77 Å². The molecule has 0 radical (unpaired) electrons. The normalized spacial score (nSPS) is 16.0. The SMILES string of the molecule is Cn1c(C2CCN(C(=O)/C=C/c3ccc(Cl)cc3)CC2)n[nH]c1=S. The van der Waals surface area contributed by atoms with Crippen LogP contribution in [0.5, 0.6) is 0 Å². The third-order valence-electron chi connectivity index (χ3n) is 4.37. The molecule has 126 valence electrons. The molecule has 1 saturated heterocycles. The van der Waals surface area contributed by atoms with Gasteiger partial charge in [0.2, 0.25) is 5.91 Å². The minimum atomic E-state index is 0.0405. The molecule has 1 aliphatic heterocycles. The van der Waals surface area contributed by atoms with Gasteiger partial charge in [-0.05, 0) is 48.8 Å². The number of piperidine rings is 1. The Morgan fingerprint density at radius 2 is 2.00 bits per heavy atom. The zero-order valence-corrected chi connectivity index (χ0v) is 15.0. The number of H-pyrrole nitrogens is 1. The van der Waals surface area contributed by atoms with E-state index in [-0.39, 0.29) is 5.91 Å². The summed E-state index contributed by atoms with van der Waals surface area (Å²) in [4.78, 5) is 14.2. The highest BCUT2D eigenvalue weighted by molar-refractivity contribution is 7.71. The minimum absolute atomic E-state index is 0.0405. The average Bonchev–Trinajstić information content (AvgIpc) is 2.93. The molecule has 0 spiro atoms. The quantitative estimate of drug-likeness (QED) is 0.671. The Bertz CT molecular complexity index is 801. The number of hydrogen-bond acceptors (Lipinski definition) is 3. The molecule has 1 N–H and O–H groups in total. The van der Waals surface area contributed by atoms with Crippen LogP contribution in [-0.2, 0) is 11.8 Å². The van der Waals surface area contributed by atoms with Gasteiger partial charge in [0.05, 0.1) is 0 Å². The van der Waals surface area contributed by atoms with Crippen molar-refractivity contribution in [2.75, 3.05) is 13.1 Å². The van der Waals surface area contributed by atoms with E-state index in [1.807, 2.05) is 46.9 Å². The topological polar surface area (TPSA) is 53.9 Å². The van der Waals surface area contributed by atoms with Gasteiger partial charge >= 0.3 is 0 Å². The van der Waals surface area contributed by atoms with E-state index >= 15 is 0 Å². The number of nitrogens with zero attached hydrogens (tertiary/aromatic N) is 3. The fourth-order valence-electron chi connectivity index (χ4n) is 2.93. The number of aromatic amines is 1. The summed E-state index contributed by atoms with van der Waals surface area (Å²) < 4.78 is 2.55. The fraction of sp³-hybridized carbons (Fsp3) is 0.353. The standard InChI is InChI=1S/C17H19ClN4OS/c1-21-16(19-20-17(21)24)13-8-10-22(11-9-13)15(23)7-4-12-2-5-14(18)6-3-12/h2-7,13H,8-11H2,1H3,(H,20,24)/b7-4+. The molecular formula is C17H19ClN4OS. The second kappa shape index (κ2) is 7.32. The first-order chi connectivity index (χ1) is 11.5. The number of rotatable bonds is 3. The molecule has 0 unspecified atom stereocenters. The molecule has 0 atom stereocenters. The second-order valence-corrected chi connectivity index (χ2v) is 6.75. The number of amides is 1. The second-order valence-electron chi connectivity index (χ2n) is 5.93. The first kappa shape index (κ1) is 16.9. The van der Waals surface area contributed by atoms with Gasteiger partial charge in [0.25, 0.3) is 0 Å². The van der Waals surface area contributed by atoms with Crippen molar-refractivity contribution in [3.05, 3.63) is 51.5 Å². The highest BCUT2D eigenvalue weighted by Gasteiger charge is 2.25. The maximum atomic E-state index is 12.3. The zero-order chi connectivity index (χ0) is 17.1. The maximum absolute atomic E-state index is 12.3. The molecule has 0 saturated carbocycles. The van der Waals surface area contributed by atoms with Crippen molar-refractivity contribution >= 4 is 35.8 Å². The number of likely N-dealkylation sites (tertiary alicyclic amines) is 1. The molecule has 7 heteroatoms. The summed E-state index contributed by atoms with van der Waals surface area (Å²) in [5.41, 5.74) is 0.962. The lowest BCUT2D eigenvalue weighted by Gasteiger charge is -2.30. The molecule has 2 aromatic rings. The predicted octanol–water partition coefficient (Wildman–Crippen LogP) is 3.55. The van der Waals surface area contributed by atoms with Crippen molar-refractivity contribution in [2.45, 2.75) is 18.8 Å². The molecule has 5 nitrogen and oxygen atoms in total. The number of halogens is 1. The van der Waals surface area contributed by atoms with E-state index in [1.54, 1.807) is 6.08 Å². The Labute approximate surface area is 150 Å². The van der Waals surface area contributed by atoms with E-state index in [9.17, 15) is 4.79 Å². The van der Waals surface area contributed by atoms with Crippen LogP contribution in [0.2, 0.25) is 5.02 Å². The summed E-state index contributed by atoms with van der Waals surface area (Å²) in [5.74, 6) is 1.36. The van der Waals surface area contributed by atoms with Crippen LogP contribution in [0.1, 0.15) is 30.1 Å². The maximum Gasteiger partial charge on any atom is 0.246 e. The van der Waals surface area contributed by atoms with Gasteiger partial charge in [0, 0.05) is 37.2 Å². The van der Waals surface area contributed by atoms with Crippen LogP contribution in [0, 0.1) is 4.77 Å². The molecule has 0 bridgehead atoms. The first-order valence-electron chi connectivity index (χ1n) is 7.88. The number of nitrogens with one attached hydrogen (secondary N) is 1. The molecular weight excluding hydrogens is 344 g/mol. The van der Waals surface area contributed by atoms with E-state index in [4.69, 9.17) is 23.8 Å². The molecule has 24 heavy (non-hydrogen) atoms. The molecule has 1 aliphatic rings. The highest BCUT2D eigenvalue weighted by atomic mass is 35.5. The van der Waals surface area contributed by atoms with Gasteiger partial charge in [-0.3, -0.25) is 9.89 Å². The third kappa shape index (κ3) is 3.76. The van der Waals surface area contributed by atoms with Crippen LogP contribution in [0.4, 0.5) is 0 Å². The van der Waals surface area contributed by atoms with Gasteiger partial charge in [0.1, 0.15) is 5.82 Å². The van der Waals surface area contributed by atoms with E-state index in [2.05, 4.69) is 10.2 Å². The zero-order valence-electron chi connectivity index (χ0n) is 13.4. The van der Waals surface area contributed by atoms with E-state index in [0.717, 1.165) is 37.3 Å². The van der Waals surface area contributed by atoms with Crippen LogP contribution in [0.15, 0.2) is 30.3 Å². The van der Waals surface area contributed by atoms with Crippen molar-refractivity contribution < 1.29 is 4.79 Å². The lowest BCUT2D eigenvalue weighted by Crippen LogP contribution is -2.37. The number of benzene rings is 1. The minimum Gasteiger partial charge on any atom is -0.339 e. The summed E-state index contributed by atoms with van der Waals surface area (Å²) in [6.07, 6.45) is 5.24. The predicted molar refractivity (Wildman–Crippen MR) is 97.4 cm³/mol. The molecule has 2 heterocycles. The number of carbonyl (C=O) groups excluding carboxylic acids is 1. The van der Waals surface area contributed by atoms with E-state index in [0.29, 0.717) is 15.7 Å². The van der Waals surface area contributed by atoms with Crippen molar-refractivity contribution in [1.82, 2.24) is 19.7 Å². The first-order valence-corrected chi connectivity index (χ1v) is 8.67. The number of carbonyl (C=O) groups is 1. The average molecular weight is 363 g/mol. The summed E-state index contributed by atoms with van der Waals surface area (Å²) >= 11 is 11.0. The van der Waals surface area contributed by atoms with E-state index < -0.39 is 0 Å². The molecule has 1 fully saturated rings. The molecule has 0 aliphatic carbocycles. The largest absolute Gasteiger partial charge is 0.339 e. The van der Waals surface area contributed by atoms with Gasteiger partial charge in [-0.1, -0.05) is 23.7 Å². The number of aromatic nitrogens is 3. The Hall–Kier alpha value is -1.92. The lowest BCUT2D eigenvalue weighted by molar-refractivity contribution is -0.127. The van der Waals surface area contributed by atoms with Crippen molar-refractivity contribution in [1.29, 1.82) is 0 Å². The molecule has 1 aromatic carbocycles. The monoisotopic (exact) mass is 362 g/mol. The summed E-state index contributed by atoms with van der Waals surface area (Å²) in [6.45, 7) is 1.46. The highest BCUT2D eigenvalue weighted by Crippen LogP contribution is 2.26. The number of hydrogen-bond donors (Lipinski definition) is 1. The van der Waals surface area contributed by atoms with Crippen molar-refractivity contribution in [3.63, 3.8) is 0 Å². The Balaban J connectivity index is 1.58.